The molecule has 1 N–H and O–H groups in total. The van der Waals surface area contributed by atoms with Gasteiger partial charge in [0.1, 0.15) is 5.60 Å². The lowest BCUT2D eigenvalue weighted by Gasteiger charge is -2.48. The highest BCUT2D eigenvalue weighted by atomic mass is 35.5. The van der Waals surface area contributed by atoms with Crippen molar-refractivity contribution in [2.45, 2.75) is 75.7 Å². The molecule has 6 rings (SSSR count). The molecule has 0 spiro atoms. The molecule has 0 bridgehead atoms. The molecule has 1 saturated carbocycles. The van der Waals surface area contributed by atoms with Crippen molar-refractivity contribution in [3.05, 3.63) is 69.2 Å². The number of nitrogens with zero attached hydrogens (tertiary/aromatic N) is 2. The van der Waals surface area contributed by atoms with E-state index in [0.29, 0.717) is 48.6 Å². The van der Waals surface area contributed by atoms with Crippen molar-refractivity contribution >= 4 is 23.5 Å². The molecule has 3 fully saturated rings. The highest BCUT2D eigenvalue weighted by Gasteiger charge is 2.56. The van der Waals surface area contributed by atoms with Gasteiger partial charge in [0.2, 0.25) is 0 Å². The Morgan fingerprint density at radius 3 is 2.52 bits per heavy atom. The van der Waals surface area contributed by atoms with Crippen LogP contribution in [0, 0.1) is 11.8 Å². The van der Waals surface area contributed by atoms with Crippen LogP contribution in [-0.2, 0) is 28.7 Å². The molecule has 1 amide bonds. The fraction of sp³-hybridized carbons (Fsp3) is 0.562. The molecule has 42 heavy (non-hydrogen) atoms. The number of carbonyl (C=O) groups is 2. The molecular weight excluding hydrogens is 569 g/mol. The second-order valence-corrected chi connectivity index (χ2v) is 12.9. The van der Waals surface area contributed by atoms with Crippen LogP contribution in [0.5, 0.6) is 0 Å². The lowest BCUT2D eigenvalue weighted by Crippen LogP contribution is -2.59. The average molecular weight is 605 g/mol. The molecule has 6 nitrogen and oxygen atoms in total. The molecule has 4 aliphatic rings. The van der Waals surface area contributed by atoms with E-state index in [4.69, 9.17) is 16.3 Å². The summed E-state index contributed by atoms with van der Waals surface area (Å²) in [6, 6.07) is 9.53. The predicted octanol–water partition coefficient (Wildman–Crippen LogP) is 6.40. The molecule has 3 aliphatic heterocycles. The van der Waals surface area contributed by atoms with Crippen LogP contribution in [0.15, 0.2) is 36.4 Å². The van der Waals surface area contributed by atoms with Gasteiger partial charge in [-0.2, -0.15) is 13.2 Å². The third kappa shape index (κ3) is 5.55. The molecule has 0 aromatic heterocycles. The number of hydrogen-bond acceptors (Lipinski definition) is 4. The molecule has 2 unspecified atom stereocenters. The Hall–Kier alpha value is -2.62. The van der Waals surface area contributed by atoms with Gasteiger partial charge in [0.25, 0.3) is 5.91 Å². The van der Waals surface area contributed by atoms with Crippen LogP contribution in [0.1, 0.15) is 77.6 Å². The summed E-state index contributed by atoms with van der Waals surface area (Å²) in [5.41, 5.74) is 0.811. The zero-order chi connectivity index (χ0) is 29.8. The van der Waals surface area contributed by atoms with Crippen molar-refractivity contribution in [3.63, 3.8) is 0 Å². The van der Waals surface area contributed by atoms with Crippen LogP contribution in [0.3, 0.4) is 0 Å². The number of hydrogen-bond donors (Lipinski definition) is 1. The van der Waals surface area contributed by atoms with E-state index in [-0.39, 0.29) is 35.4 Å². The predicted molar refractivity (Wildman–Crippen MR) is 152 cm³/mol. The van der Waals surface area contributed by atoms with Crippen molar-refractivity contribution in [2.75, 3.05) is 26.2 Å². The van der Waals surface area contributed by atoms with Gasteiger partial charge in [-0.05, 0) is 104 Å². The van der Waals surface area contributed by atoms with E-state index >= 15 is 0 Å². The zero-order valence-electron chi connectivity index (χ0n) is 23.6. The number of ether oxygens (including phenoxy) is 1. The van der Waals surface area contributed by atoms with Gasteiger partial charge in [-0.25, -0.2) is 4.79 Å². The van der Waals surface area contributed by atoms with Crippen LogP contribution in [0.2, 0.25) is 5.02 Å². The van der Waals surface area contributed by atoms with Crippen LogP contribution in [-0.4, -0.2) is 64.7 Å². The molecule has 2 aromatic carbocycles. The second kappa shape index (κ2) is 11.1. The average Bonchev–Trinajstić information content (AvgIpc) is 3.82. The van der Waals surface area contributed by atoms with Crippen LogP contribution in [0.25, 0.3) is 0 Å². The Labute approximate surface area is 248 Å². The van der Waals surface area contributed by atoms with E-state index < -0.39 is 23.3 Å². The first-order valence-corrected chi connectivity index (χ1v) is 15.2. The Bertz CT molecular complexity index is 1370. The Morgan fingerprint density at radius 1 is 1.10 bits per heavy atom. The van der Waals surface area contributed by atoms with Crippen molar-refractivity contribution in [2.24, 2.45) is 11.8 Å². The smallest absolute Gasteiger partial charge is 0.416 e. The summed E-state index contributed by atoms with van der Waals surface area (Å²) in [6.45, 7) is 4.90. The van der Waals surface area contributed by atoms with Crippen molar-refractivity contribution < 1.29 is 32.6 Å². The molecule has 1 aliphatic carbocycles. The van der Waals surface area contributed by atoms with Crippen LogP contribution in [0.4, 0.5) is 13.2 Å². The molecule has 0 radical (unpaired) electrons. The summed E-state index contributed by atoms with van der Waals surface area (Å²) >= 11 is 6.22. The third-order valence-electron chi connectivity index (χ3n) is 9.89. The molecular formula is C32H36ClF3N2O4. The number of likely N-dealkylation sites (tertiary alicyclic amines) is 1. The van der Waals surface area contributed by atoms with E-state index in [1.165, 1.54) is 0 Å². The number of aromatic carboxylic acids is 1. The van der Waals surface area contributed by atoms with Gasteiger partial charge in [-0.1, -0.05) is 30.7 Å². The molecule has 226 valence electrons. The minimum atomic E-state index is -4.50. The van der Waals surface area contributed by atoms with Crippen LogP contribution >= 0.6 is 11.6 Å². The maximum absolute atomic E-state index is 14.0. The Morgan fingerprint density at radius 2 is 1.88 bits per heavy atom. The first kappa shape index (κ1) is 29.5. The van der Waals surface area contributed by atoms with Crippen molar-refractivity contribution in [1.29, 1.82) is 0 Å². The molecule has 4 atom stereocenters. The van der Waals surface area contributed by atoms with E-state index in [0.717, 1.165) is 56.5 Å². The summed E-state index contributed by atoms with van der Waals surface area (Å²) in [7, 11) is 0. The first-order valence-electron chi connectivity index (χ1n) is 14.9. The third-order valence-corrected chi connectivity index (χ3v) is 10.2. The number of rotatable bonds is 5. The number of benzene rings is 2. The minimum Gasteiger partial charge on any atom is -0.478 e. The van der Waals surface area contributed by atoms with E-state index in [2.05, 4.69) is 11.8 Å². The number of carbonyl (C=O) groups excluding carboxylic acids is 1. The minimum absolute atomic E-state index is 0.104. The van der Waals surface area contributed by atoms with Gasteiger partial charge in [-0.15, -0.1) is 0 Å². The highest BCUT2D eigenvalue weighted by molar-refractivity contribution is 6.31. The summed E-state index contributed by atoms with van der Waals surface area (Å²) in [5, 5.41) is 9.50. The monoisotopic (exact) mass is 604 g/mol. The lowest BCUT2D eigenvalue weighted by atomic mass is 9.79. The normalized spacial score (nSPS) is 28.8. The molecule has 2 aromatic rings. The maximum atomic E-state index is 14.0. The Balaban J connectivity index is 1.11. The number of alkyl halides is 3. The maximum Gasteiger partial charge on any atom is 0.416 e. The van der Waals surface area contributed by atoms with E-state index in [1.54, 1.807) is 17.0 Å². The van der Waals surface area contributed by atoms with Gasteiger partial charge < -0.3 is 14.7 Å². The Kier molecular flexibility index (Phi) is 7.81. The fourth-order valence-corrected chi connectivity index (χ4v) is 7.78. The van der Waals surface area contributed by atoms with Gasteiger partial charge in [-0.3, -0.25) is 9.69 Å². The van der Waals surface area contributed by atoms with Gasteiger partial charge in [0.15, 0.2) is 0 Å². The number of halogens is 4. The number of piperidine rings is 1. The number of amides is 1. The quantitative estimate of drug-likeness (QED) is 0.428. The fourth-order valence-electron chi connectivity index (χ4n) is 7.44. The zero-order valence-corrected chi connectivity index (χ0v) is 24.4. The lowest BCUT2D eigenvalue weighted by molar-refractivity contribution is -0.177. The van der Waals surface area contributed by atoms with Gasteiger partial charge in [0.05, 0.1) is 17.7 Å². The largest absolute Gasteiger partial charge is 0.478 e. The number of carboxylic acids is 1. The van der Waals surface area contributed by atoms with Gasteiger partial charge >= 0.3 is 12.1 Å². The van der Waals surface area contributed by atoms with Gasteiger partial charge in [0, 0.05) is 30.7 Å². The topological polar surface area (TPSA) is 70.1 Å². The number of fused-ring (bicyclic) bond motifs is 1. The standard InChI is InChI=1S/C32H36ClF3N2O4/c1-19-16-37(11-8-26(19)20-3-2-4-21(13-20)29(39)40)25-7-10-31(42-18-25,23-5-6-23)30(41)38-12-9-27-22(17-38)14-24(15-28(27)33)32(34,35)36/h2-4,13-15,19,23,25-26H,5-12,16-18H2,1H3,(H,39,40)/t19?,25?,26-,31-/m0/s1. The second-order valence-electron chi connectivity index (χ2n) is 12.5. The summed E-state index contributed by atoms with van der Waals surface area (Å²) < 4.78 is 46.9. The first-order chi connectivity index (χ1) is 20.0. The SMILES string of the molecule is CC1CN(C2CC[C@@](C(=O)N3CCc4c(Cl)cc(C(F)(F)F)cc4C3)(C3CC3)OC2)CC[C@@H]1c1cccc(C(=O)O)c1. The van der Waals surface area contributed by atoms with Crippen molar-refractivity contribution in [3.8, 4) is 0 Å². The number of carboxylic acid groups (broad SMARTS) is 1. The van der Waals surface area contributed by atoms with Crippen LogP contribution < -0.4 is 0 Å². The molecule has 10 heteroatoms. The van der Waals surface area contributed by atoms with E-state index in [1.807, 2.05) is 12.1 Å². The highest BCUT2D eigenvalue weighted by Crippen LogP contribution is 2.49. The summed E-state index contributed by atoms with van der Waals surface area (Å²) in [6.07, 6.45) is 0.0970. The summed E-state index contributed by atoms with van der Waals surface area (Å²) in [4.78, 5) is 29.6. The molecule has 2 saturated heterocycles. The van der Waals surface area contributed by atoms with E-state index in [9.17, 15) is 27.9 Å². The molecule has 3 heterocycles. The van der Waals surface area contributed by atoms with Crippen molar-refractivity contribution in [1.82, 2.24) is 9.80 Å². The summed E-state index contributed by atoms with van der Waals surface area (Å²) in [5.74, 6) is -0.262.